The summed E-state index contributed by atoms with van der Waals surface area (Å²) < 4.78 is 68.4. The van der Waals surface area contributed by atoms with Crippen molar-refractivity contribution in [1.29, 1.82) is 0 Å². The van der Waals surface area contributed by atoms with Crippen molar-refractivity contribution in [2.75, 3.05) is 24.2 Å². The SMILES string of the molecule is CCS(=O)(=O)N1CCC(C(=O)OC(C)C(=O)Nc2cccc(C(F)(F)F)c2)CC1. The summed E-state index contributed by atoms with van der Waals surface area (Å²) in [6.45, 7) is 3.25. The largest absolute Gasteiger partial charge is 0.452 e. The predicted molar refractivity (Wildman–Crippen MR) is 99.4 cm³/mol. The van der Waals surface area contributed by atoms with Crippen molar-refractivity contribution in [3.8, 4) is 0 Å². The number of halogens is 3. The summed E-state index contributed by atoms with van der Waals surface area (Å²) in [6, 6.07) is 4.12. The minimum Gasteiger partial charge on any atom is -0.452 e. The molecule has 1 N–H and O–H groups in total. The molecule has 0 saturated carbocycles. The molecule has 1 unspecified atom stereocenters. The van der Waals surface area contributed by atoms with Gasteiger partial charge in [-0.25, -0.2) is 12.7 Å². The molecular formula is C18H23F3N2O5S. The highest BCUT2D eigenvalue weighted by atomic mass is 32.2. The Morgan fingerprint density at radius 3 is 2.45 bits per heavy atom. The number of hydrogen-bond acceptors (Lipinski definition) is 5. The maximum absolute atomic E-state index is 12.7. The highest BCUT2D eigenvalue weighted by Gasteiger charge is 2.33. The Kier molecular flexibility index (Phi) is 7.28. The number of nitrogens with one attached hydrogen (secondary N) is 1. The van der Waals surface area contributed by atoms with Gasteiger partial charge in [-0.2, -0.15) is 13.2 Å². The molecule has 1 saturated heterocycles. The first kappa shape index (κ1) is 23.1. The molecule has 0 aromatic heterocycles. The number of nitrogens with zero attached hydrogens (tertiary/aromatic N) is 1. The summed E-state index contributed by atoms with van der Waals surface area (Å²) in [5, 5.41) is 2.29. The number of ether oxygens (including phenoxy) is 1. The van der Waals surface area contributed by atoms with Crippen LogP contribution in [0.15, 0.2) is 24.3 Å². The fraction of sp³-hybridized carbons (Fsp3) is 0.556. The third kappa shape index (κ3) is 6.17. The molecule has 0 radical (unpaired) electrons. The number of carbonyl (C=O) groups excluding carboxylic acids is 2. The van der Waals surface area contributed by atoms with Crippen LogP contribution in [0.2, 0.25) is 0 Å². The Bertz CT molecular complexity index is 849. The van der Waals surface area contributed by atoms with Crippen LogP contribution in [0.3, 0.4) is 0 Å². The molecule has 0 aliphatic carbocycles. The summed E-state index contributed by atoms with van der Waals surface area (Å²) in [6.07, 6.45) is -5.20. The molecule has 1 atom stereocenters. The average molecular weight is 436 g/mol. The second-order valence-electron chi connectivity index (χ2n) is 6.72. The van der Waals surface area contributed by atoms with Crippen LogP contribution in [0.5, 0.6) is 0 Å². The van der Waals surface area contributed by atoms with Crippen LogP contribution in [-0.2, 0) is 30.5 Å². The molecule has 1 aromatic carbocycles. The summed E-state index contributed by atoms with van der Waals surface area (Å²) in [5.74, 6) is -1.95. The van der Waals surface area contributed by atoms with Crippen molar-refractivity contribution in [2.24, 2.45) is 5.92 Å². The number of rotatable bonds is 6. The lowest BCUT2D eigenvalue weighted by Crippen LogP contribution is -2.42. The van der Waals surface area contributed by atoms with E-state index in [9.17, 15) is 31.2 Å². The zero-order valence-electron chi connectivity index (χ0n) is 16.0. The van der Waals surface area contributed by atoms with Gasteiger partial charge in [-0.05, 0) is 44.9 Å². The van der Waals surface area contributed by atoms with Crippen molar-refractivity contribution in [3.05, 3.63) is 29.8 Å². The lowest BCUT2D eigenvalue weighted by atomic mass is 9.98. The van der Waals surface area contributed by atoms with Gasteiger partial charge >= 0.3 is 12.1 Å². The fourth-order valence-electron chi connectivity index (χ4n) is 2.89. The van der Waals surface area contributed by atoms with E-state index < -0.39 is 45.7 Å². The van der Waals surface area contributed by atoms with Gasteiger partial charge in [-0.1, -0.05) is 6.07 Å². The number of benzene rings is 1. The molecule has 1 aromatic rings. The molecule has 0 spiro atoms. The Morgan fingerprint density at radius 1 is 1.28 bits per heavy atom. The highest BCUT2D eigenvalue weighted by Crippen LogP contribution is 2.30. The predicted octanol–water partition coefficient (Wildman–Crippen LogP) is 2.64. The lowest BCUT2D eigenvalue weighted by Gasteiger charge is -2.30. The normalized spacial score (nSPS) is 17.6. The van der Waals surface area contributed by atoms with E-state index in [0.29, 0.717) is 0 Å². The molecular weight excluding hydrogens is 413 g/mol. The number of alkyl halides is 3. The molecule has 7 nitrogen and oxygen atoms in total. The van der Waals surface area contributed by atoms with Crippen LogP contribution in [0.1, 0.15) is 32.3 Å². The van der Waals surface area contributed by atoms with E-state index in [1.54, 1.807) is 6.92 Å². The molecule has 1 heterocycles. The zero-order valence-corrected chi connectivity index (χ0v) is 16.8. The van der Waals surface area contributed by atoms with Crippen LogP contribution < -0.4 is 5.32 Å². The quantitative estimate of drug-likeness (QED) is 0.692. The number of carbonyl (C=O) groups is 2. The van der Waals surface area contributed by atoms with Crippen LogP contribution in [0.25, 0.3) is 0 Å². The van der Waals surface area contributed by atoms with Crippen molar-refractivity contribution < 1.29 is 35.9 Å². The standard InChI is InChI=1S/C18H23F3N2O5S/c1-3-29(26,27)23-9-7-13(8-10-23)17(25)28-12(2)16(24)22-15-6-4-5-14(11-15)18(19,20)21/h4-6,11-13H,3,7-10H2,1-2H3,(H,22,24). The number of sulfonamides is 1. The van der Waals surface area contributed by atoms with Crippen LogP contribution in [0, 0.1) is 5.92 Å². The number of piperidine rings is 1. The van der Waals surface area contributed by atoms with Gasteiger partial charge in [0, 0.05) is 18.8 Å². The Hall–Kier alpha value is -2.14. The number of hydrogen-bond donors (Lipinski definition) is 1. The number of anilines is 1. The first-order chi connectivity index (χ1) is 13.4. The van der Waals surface area contributed by atoms with Gasteiger partial charge in [0.15, 0.2) is 6.10 Å². The fourth-order valence-corrected chi connectivity index (χ4v) is 4.03. The summed E-state index contributed by atoms with van der Waals surface area (Å²) in [5.41, 5.74) is -0.973. The minimum atomic E-state index is -4.54. The lowest BCUT2D eigenvalue weighted by molar-refractivity contribution is -0.158. The molecule has 11 heteroatoms. The van der Waals surface area contributed by atoms with Crippen molar-refractivity contribution in [2.45, 2.75) is 39.0 Å². The number of esters is 1. The second kappa shape index (κ2) is 9.12. The van der Waals surface area contributed by atoms with Crippen molar-refractivity contribution in [1.82, 2.24) is 4.31 Å². The van der Waals surface area contributed by atoms with Gasteiger partial charge in [0.1, 0.15) is 0 Å². The molecule has 29 heavy (non-hydrogen) atoms. The number of amides is 1. The monoisotopic (exact) mass is 436 g/mol. The summed E-state index contributed by atoms with van der Waals surface area (Å²) >= 11 is 0. The van der Waals surface area contributed by atoms with E-state index in [4.69, 9.17) is 4.74 Å². The van der Waals surface area contributed by atoms with E-state index in [2.05, 4.69) is 5.32 Å². The molecule has 1 aliphatic heterocycles. The van der Waals surface area contributed by atoms with Gasteiger partial charge in [-0.3, -0.25) is 9.59 Å². The first-order valence-electron chi connectivity index (χ1n) is 9.10. The van der Waals surface area contributed by atoms with Crippen molar-refractivity contribution in [3.63, 3.8) is 0 Å². The van der Waals surface area contributed by atoms with Crippen molar-refractivity contribution >= 4 is 27.6 Å². The smallest absolute Gasteiger partial charge is 0.416 e. The summed E-state index contributed by atoms with van der Waals surface area (Å²) in [4.78, 5) is 24.4. The third-order valence-electron chi connectivity index (χ3n) is 4.67. The molecule has 1 fully saturated rings. The Labute approximate surface area is 167 Å². The Balaban J connectivity index is 1.89. The second-order valence-corrected chi connectivity index (χ2v) is 8.98. The van der Waals surface area contributed by atoms with Crippen LogP contribution in [0.4, 0.5) is 18.9 Å². The van der Waals surface area contributed by atoms with Gasteiger partial charge in [0.25, 0.3) is 5.91 Å². The molecule has 2 rings (SSSR count). The van der Waals surface area contributed by atoms with Crippen LogP contribution in [-0.4, -0.2) is 49.5 Å². The third-order valence-corrected chi connectivity index (χ3v) is 6.55. The van der Waals surface area contributed by atoms with E-state index in [1.807, 2.05) is 0 Å². The van der Waals surface area contributed by atoms with Gasteiger partial charge < -0.3 is 10.1 Å². The van der Waals surface area contributed by atoms with Gasteiger partial charge in [0.2, 0.25) is 10.0 Å². The maximum Gasteiger partial charge on any atom is 0.416 e. The average Bonchev–Trinajstić information content (AvgIpc) is 2.67. The molecule has 0 bridgehead atoms. The minimum absolute atomic E-state index is 0.0190. The topological polar surface area (TPSA) is 92.8 Å². The molecule has 162 valence electrons. The molecule has 1 amide bonds. The maximum atomic E-state index is 12.7. The van der Waals surface area contributed by atoms with Gasteiger partial charge in [-0.15, -0.1) is 0 Å². The van der Waals surface area contributed by atoms with E-state index in [0.717, 1.165) is 18.2 Å². The van der Waals surface area contributed by atoms with E-state index >= 15 is 0 Å². The first-order valence-corrected chi connectivity index (χ1v) is 10.7. The van der Waals surface area contributed by atoms with Crippen LogP contribution >= 0.6 is 0 Å². The molecule has 1 aliphatic rings. The zero-order chi connectivity index (χ0) is 21.8. The van der Waals surface area contributed by atoms with E-state index in [1.165, 1.54) is 17.3 Å². The van der Waals surface area contributed by atoms with Gasteiger partial charge in [0.05, 0.1) is 17.2 Å². The summed E-state index contributed by atoms with van der Waals surface area (Å²) in [7, 11) is -3.32. The Morgan fingerprint density at radius 2 is 1.90 bits per heavy atom. The highest BCUT2D eigenvalue weighted by molar-refractivity contribution is 7.89. The van der Waals surface area contributed by atoms with E-state index in [-0.39, 0.29) is 37.4 Å².